The number of amides is 1. The fourth-order valence-corrected chi connectivity index (χ4v) is 2.13. The molecule has 0 spiro atoms. The van der Waals surface area contributed by atoms with Crippen molar-refractivity contribution in [2.75, 3.05) is 11.1 Å². The molecular formula is C13H14N2O3S. The van der Waals surface area contributed by atoms with Gasteiger partial charge in [0, 0.05) is 11.0 Å². The summed E-state index contributed by atoms with van der Waals surface area (Å²) < 4.78 is 4.90. The van der Waals surface area contributed by atoms with Crippen molar-refractivity contribution in [3.05, 3.63) is 41.6 Å². The number of benzene rings is 1. The topological polar surface area (TPSA) is 75.4 Å². The molecule has 0 radical (unpaired) electrons. The fourth-order valence-electron chi connectivity index (χ4n) is 1.44. The molecule has 0 aliphatic rings. The van der Waals surface area contributed by atoms with Gasteiger partial charge in [-0.25, -0.2) is 0 Å². The molecule has 0 bridgehead atoms. The van der Waals surface area contributed by atoms with Crippen molar-refractivity contribution >= 4 is 23.6 Å². The van der Waals surface area contributed by atoms with E-state index in [9.17, 15) is 4.79 Å². The first kappa shape index (κ1) is 13.6. The van der Waals surface area contributed by atoms with Crippen molar-refractivity contribution < 1.29 is 14.4 Å². The summed E-state index contributed by atoms with van der Waals surface area (Å²) in [7, 11) is 0. The molecule has 1 amide bonds. The monoisotopic (exact) mass is 278 g/mol. The van der Waals surface area contributed by atoms with Gasteiger partial charge in [0.05, 0.1) is 18.1 Å². The van der Waals surface area contributed by atoms with Crippen molar-refractivity contribution in [2.45, 2.75) is 18.4 Å². The summed E-state index contributed by atoms with van der Waals surface area (Å²) >= 11 is 1.42. The van der Waals surface area contributed by atoms with Crippen LogP contribution in [0, 0.1) is 6.92 Å². The van der Waals surface area contributed by atoms with Gasteiger partial charge in [-0.05, 0) is 24.6 Å². The van der Waals surface area contributed by atoms with Crippen LogP contribution in [-0.2, 0) is 11.4 Å². The maximum Gasteiger partial charge on any atom is 0.237 e. The van der Waals surface area contributed by atoms with Gasteiger partial charge in [-0.1, -0.05) is 17.3 Å². The van der Waals surface area contributed by atoms with Gasteiger partial charge in [-0.3, -0.25) is 10.1 Å². The number of anilines is 1. The number of rotatable bonds is 5. The van der Waals surface area contributed by atoms with E-state index in [4.69, 9.17) is 9.63 Å². The van der Waals surface area contributed by atoms with Gasteiger partial charge in [-0.2, -0.15) is 0 Å². The Labute approximate surface area is 115 Å². The zero-order valence-electron chi connectivity index (χ0n) is 10.4. The molecule has 0 atom stereocenters. The molecule has 1 aromatic carbocycles. The maximum atomic E-state index is 11.7. The number of aryl methyl sites for hydroxylation is 1. The van der Waals surface area contributed by atoms with Gasteiger partial charge in [0.25, 0.3) is 0 Å². The Hall–Kier alpha value is -1.79. The number of hydrogen-bond donors (Lipinski definition) is 2. The summed E-state index contributed by atoms with van der Waals surface area (Å²) in [6, 6.07) is 9.09. The highest BCUT2D eigenvalue weighted by atomic mass is 32.2. The molecule has 1 aromatic heterocycles. The highest BCUT2D eigenvalue weighted by Gasteiger charge is 2.07. The molecule has 1 heterocycles. The summed E-state index contributed by atoms with van der Waals surface area (Å²) in [5, 5.41) is 15.2. The summed E-state index contributed by atoms with van der Waals surface area (Å²) in [5.74, 6) is 0.504. The zero-order chi connectivity index (χ0) is 13.7. The summed E-state index contributed by atoms with van der Waals surface area (Å²) in [4.78, 5) is 12.6. The lowest BCUT2D eigenvalue weighted by Crippen LogP contribution is -2.13. The standard InChI is InChI=1S/C13H14N2O3S/c1-9-6-13(18-15-9)14-12(17)8-19-11-4-2-10(7-16)3-5-11/h2-6,16H,7-8H2,1H3,(H,14,17). The second kappa shape index (κ2) is 6.40. The third-order valence-electron chi connectivity index (χ3n) is 2.37. The molecule has 19 heavy (non-hydrogen) atoms. The van der Waals surface area contributed by atoms with Crippen LogP contribution in [0.25, 0.3) is 0 Å². The van der Waals surface area contributed by atoms with Crippen molar-refractivity contribution in [1.82, 2.24) is 5.16 Å². The second-order valence-corrected chi connectivity index (χ2v) is 5.02. The number of carbonyl (C=O) groups is 1. The molecule has 0 saturated carbocycles. The van der Waals surface area contributed by atoms with E-state index in [0.29, 0.717) is 5.88 Å². The van der Waals surface area contributed by atoms with E-state index in [-0.39, 0.29) is 18.3 Å². The highest BCUT2D eigenvalue weighted by molar-refractivity contribution is 8.00. The Morgan fingerprint density at radius 3 is 2.74 bits per heavy atom. The molecule has 0 aliphatic heterocycles. The summed E-state index contributed by atoms with van der Waals surface area (Å²) in [6.45, 7) is 1.81. The number of hydrogen-bond acceptors (Lipinski definition) is 5. The van der Waals surface area contributed by atoms with Gasteiger partial charge in [-0.15, -0.1) is 11.8 Å². The molecule has 5 nitrogen and oxygen atoms in total. The highest BCUT2D eigenvalue weighted by Crippen LogP contribution is 2.19. The van der Waals surface area contributed by atoms with Gasteiger partial charge >= 0.3 is 0 Å². The predicted octanol–water partition coefficient (Wildman–Crippen LogP) is 2.21. The number of carbonyl (C=O) groups excluding carboxylic acids is 1. The lowest BCUT2D eigenvalue weighted by atomic mass is 10.2. The van der Waals surface area contributed by atoms with E-state index in [1.807, 2.05) is 24.3 Å². The third kappa shape index (κ3) is 4.11. The average molecular weight is 278 g/mol. The quantitative estimate of drug-likeness (QED) is 0.820. The minimum absolute atomic E-state index is 0.0241. The van der Waals surface area contributed by atoms with E-state index in [2.05, 4.69) is 10.5 Å². The van der Waals surface area contributed by atoms with Crippen LogP contribution in [0.5, 0.6) is 0 Å². The first-order valence-electron chi connectivity index (χ1n) is 5.73. The Morgan fingerprint density at radius 1 is 1.42 bits per heavy atom. The molecule has 100 valence electrons. The largest absolute Gasteiger partial charge is 0.392 e. The Morgan fingerprint density at radius 2 is 2.16 bits per heavy atom. The van der Waals surface area contributed by atoms with E-state index in [1.54, 1.807) is 13.0 Å². The van der Waals surface area contributed by atoms with Crippen LogP contribution in [0.1, 0.15) is 11.3 Å². The van der Waals surface area contributed by atoms with Crippen LogP contribution in [0.2, 0.25) is 0 Å². The molecule has 0 unspecified atom stereocenters. The molecular weight excluding hydrogens is 264 g/mol. The van der Waals surface area contributed by atoms with Gasteiger partial charge in [0.1, 0.15) is 0 Å². The van der Waals surface area contributed by atoms with Crippen molar-refractivity contribution in [2.24, 2.45) is 0 Å². The fraction of sp³-hybridized carbons (Fsp3) is 0.231. The third-order valence-corrected chi connectivity index (χ3v) is 3.38. The molecule has 2 N–H and O–H groups in total. The lowest BCUT2D eigenvalue weighted by molar-refractivity contribution is -0.113. The number of thioether (sulfide) groups is 1. The van der Waals surface area contributed by atoms with Gasteiger partial charge in [0.15, 0.2) is 0 Å². The zero-order valence-corrected chi connectivity index (χ0v) is 11.2. The minimum Gasteiger partial charge on any atom is -0.392 e. The normalized spacial score (nSPS) is 10.4. The van der Waals surface area contributed by atoms with E-state index in [0.717, 1.165) is 16.2 Å². The van der Waals surface area contributed by atoms with Crippen LogP contribution >= 0.6 is 11.8 Å². The number of aliphatic hydroxyl groups is 1. The molecule has 2 rings (SSSR count). The maximum absolute atomic E-state index is 11.7. The van der Waals surface area contributed by atoms with Gasteiger partial charge < -0.3 is 9.63 Å². The van der Waals surface area contributed by atoms with Crippen molar-refractivity contribution in [3.8, 4) is 0 Å². The molecule has 6 heteroatoms. The first-order chi connectivity index (χ1) is 9.17. The average Bonchev–Trinajstić information content (AvgIpc) is 2.82. The number of aliphatic hydroxyl groups excluding tert-OH is 1. The molecule has 0 saturated heterocycles. The predicted molar refractivity (Wildman–Crippen MR) is 73.0 cm³/mol. The molecule has 2 aromatic rings. The molecule has 0 fully saturated rings. The van der Waals surface area contributed by atoms with Gasteiger partial charge in [0.2, 0.25) is 11.8 Å². The number of nitrogens with one attached hydrogen (secondary N) is 1. The number of aromatic nitrogens is 1. The number of nitrogens with zero attached hydrogens (tertiary/aromatic N) is 1. The first-order valence-corrected chi connectivity index (χ1v) is 6.71. The van der Waals surface area contributed by atoms with E-state index >= 15 is 0 Å². The smallest absolute Gasteiger partial charge is 0.237 e. The van der Waals surface area contributed by atoms with Crippen molar-refractivity contribution in [1.29, 1.82) is 0 Å². The van der Waals surface area contributed by atoms with Crippen LogP contribution in [0.15, 0.2) is 39.8 Å². The molecule has 0 aliphatic carbocycles. The second-order valence-electron chi connectivity index (χ2n) is 3.97. The van der Waals surface area contributed by atoms with E-state index in [1.165, 1.54) is 11.8 Å². The Balaban J connectivity index is 1.82. The van der Waals surface area contributed by atoms with Crippen LogP contribution in [0.4, 0.5) is 5.88 Å². The van der Waals surface area contributed by atoms with Crippen LogP contribution < -0.4 is 5.32 Å². The SMILES string of the molecule is Cc1cc(NC(=O)CSc2ccc(CO)cc2)on1. The van der Waals surface area contributed by atoms with Crippen LogP contribution in [0.3, 0.4) is 0 Å². The Kier molecular flexibility index (Phi) is 4.59. The lowest BCUT2D eigenvalue weighted by Gasteiger charge is -2.02. The summed E-state index contributed by atoms with van der Waals surface area (Å²) in [6.07, 6.45) is 0. The van der Waals surface area contributed by atoms with Crippen LogP contribution in [-0.4, -0.2) is 21.9 Å². The van der Waals surface area contributed by atoms with Crippen molar-refractivity contribution in [3.63, 3.8) is 0 Å². The van der Waals surface area contributed by atoms with E-state index < -0.39 is 0 Å². The minimum atomic E-state index is -0.146. The summed E-state index contributed by atoms with van der Waals surface area (Å²) in [5.41, 5.74) is 1.58. The Bertz CT molecular complexity index is 551.